The van der Waals surface area contributed by atoms with E-state index in [1.54, 1.807) is 13.1 Å². The van der Waals surface area contributed by atoms with Crippen LogP contribution >= 0.6 is 23.2 Å². The number of aromatic nitrogens is 2. The van der Waals surface area contributed by atoms with Gasteiger partial charge in [0.2, 0.25) is 0 Å². The molecule has 1 atom stereocenters. The molecule has 162 valence electrons. The van der Waals surface area contributed by atoms with Crippen LogP contribution in [0.1, 0.15) is 43.5 Å². The highest BCUT2D eigenvalue weighted by Gasteiger charge is 2.20. The van der Waals surface area contributed by atoms with Gasteiger partial charge < -0.3 is 9.64 Å². The standard InChI is InChI=1S/C24H24Cl2FN3O/c1-15-21(31-16(2)23-19(25)7-8-20(27)24(23)26)12-18(14-28-15)17-6-9-22(29-13-17)30-10-4-3-5-11-30/h6-9,12-14,16H,3-5,10-11H2,1-2H3. The van der Waals surface area contributed by atoms with E-state index in [1.807, 2.05) is 19.2 Å². The van der Waals surface area contributed by atoms with E-state index in [0.717, 1.165) is 35.7 Å². The lowest BCUT2D eigenvalue weighted by Crippen LogP contribution is -2.29. The van der Waals surface area contributed by atoms with Crippen LogP contribution in [-0.4, -0.2) is 23.1 Å². The van der Waals surface area contributed by atoms with Gasteiger partial charge in [0.1, 0.15) is 23.5 Å². The summed E-state index contributed by atoms with van der Waals surface area (Å²) in [5.74, 6) is 1.06. The molecule has 4 rings (SSSR count). The van der Waals surface area contributed by atoms with Gasteiger partial charge in [0.15, 0.2) is 0 Å². The number of anilines is 1. The third kappa shape index (κ3) is 4.78. The fourth-order valence-electron chi connectivity index (χ4n) is 3.82. The smallest absolute Gasteiger partial charge is 0.142 e. The van der Waals surface area contributed by atoms with Crippen LogP contribution in [-0.2, 0) is 0 Å². The normalized spacial score (nSPS) is 15.1. The second-order valence-electron chi connectivity index (χ2n) is 7.78. The molecule has 7 heteroatoms. The highest BCUT2D eigenvalue weighted by molar-refractivity contribution is 6.36. The lowest BCUT2D eigenvalue weighted by molar-refractivity contribution is 0.224. The molecule has 0 saturated carbocycles. The third-order valence-corrected chi connectivity index (χ3v) is 6.31. The predicted molar refractivity (Wildman–Crippen MR) is 124 cm³/mol. The molecule has 31 heavy (non-hydrogen) atoms. The van der Waals surface area contributed by atoms with E-state index in [9.17, 15) is 4.39 Å². The molecule has 3 aromatic rings. The first kappa shape index (κ1) is 21.8. The second-order valence-corrected chi connectivity index (χ2v) is 8.56. The first-order valence-electron chi connectivity index (χ1n) is 10.4. The zero-order valence-corrected chi connectivity index (χ0v) is 19.0. The number of benzene rings is 1. The van der Waals surface area contributed by atoms with Crippen molar-refractivity contribution in [3.8, 4) is 16.9 Å². The lowest BCUT2D eigenvalue weighted by Gasteiger charge is -2.27. The van der Waals surface area contributed by atoms with Crippen molar-refractivity contribution in [1.29, 1.82) is 0 Å². The highest BCUT2D eigenvalue weighted by atomic mass is 35.5. The van der Waals surface area contributed by atoms with Gasteiger partial charge in [0.05, 0.1) is 10.7 Å². The van der Waals surface area contributed by atoms with Crippen LogP contribution in [0.5, 0.6) is 5.75 Å². The first-order valence-corrected chi connectivity index (χ1v) is 11.2. The molecule has 3 heterocycles. The Morgan fingerprint density at radius 2 is 1.74 bits per heavy atom. The summed E-state index contributed by atoms with van der Waals surface area (Å²) in [5, 5.41) is 0.331. The molecular weight excluding hydrogens is 436 g/mol. The number of aryl methyl sites for hydroxylation is 1. The third-order valence-electron chi connectivity index (χ3n) is 5.59. The predicted octanol–water partition coefficient (Wildman–Crippen LogP) is 7.03. The van der Waals surface area contributed by atoms with Gasteiger partial charge in [0.25, 0.3) is 0 Å². The summed E-state index contributed by atoms with van der Waals surface area (Å²) >= 11 is 12.4. The number of nitrogens with zero attached hydrogens (tertiary/aromatic N) is 3. The van der Waals surface area contributed by atoms with Crippen LogP contribution in [0.3, 0.4) is 0 Å². The largest absolute Gasteiger partial charge is 0.484 e. The molecule has 0 bridgehead atoms. The summed E-state index contributed by atoms with van der Waals surface area (Å²) in [6.07, 6.45) is 6.83. The zero-order valence-electron chi connectivity index (χ0n) is 17.5. The fraction of sp³-hybridized carbons (Fsp3) is 0.333. The van der Waals surface area contributed by atoms with Gasteiger partial charge in [-0.25, -0.2) is 9.37 Å². The fourth-order valence-corrected chi connectivity index (χ4v) is 4.50. The Bertz CT molecular complexity index is 1070. The Balaban J connectivity index is 1.57. The molecule has 1 aliphatic heterocycles. The second kappa shape index (κ2) is 9.41. The Morgan fingerprint density at radius 1 is 1.00 bits per heavy atom. The van der Waals surface area contributed by atoms with Gasteiger partial charge in [-0.3, -0.25) is 4.98 Å². The SMILES string of the molecule is Cc1ncc(-c2ccc(N3CCCCC3)nc2)cc1OC(C)c1c(Cl)ccc(F)c1Cl. The molecule has 2 aromatic heterocycles. The van der Waals surface area contributed by atoms with Crippen LogP contribution in [0.15, 0.2) is 42.7 Å². The maximum atomic E-state index is 13.9. The molecule has 1 aliphatic rings. The van der Waals surface area contributed by atoms with Crippen LogP contribution in [0, 0.1) is 12.7 Å². The summed E-state index contributed by atoms with van der Waals surface area (Å²) in [5.41, 5.74) is 2.98. The van der Waals surface area contributed by atoms with E-state index in [2.05, 4.69) is 27.0 Å². The van der Waals surface area contributed by atoms with Gasteiger partial charge in [-0.05, 0) is 63.4 Å². The molecule has 1 fully saturated rings. The molecule has 0 N–H and O–H groups in total. The molecule has 0 amide bonds. The average molecular weight is 460 g/mol. The van der Waals surface area contributed by atoms with Crippen molar-refractivity contribution in [3.63, 3.8) is 0 Å². The molecule has 0 spiro atoms. The van der Waals surface area contributed by atoms with E-state index < -0.39 is 11.9 Å². The average Bonchev–Trinajstić information content (AvgIpc) is 2.79. The summed E-state index contributed by atoms with van der Waals surface area (Å²) in [4.78, 5) is 11.4. The minimum absolute atomic E-state index is 0.0285. The van der Waals surface area contributed by atoms with E-state index >= 15 is 0 Å². The van der Waals surface area contributed by atoms with E-state index in [0.29, 0.717) is 16.3 Å². The van der Waals surface area contributed by atoms with Gasteiger partial charge in [0, 0.05) is 47.2 Å². The van der Waals surface area contributed by atoms with Gasteiger partial charge >= 0.3 is 0 Å². The van der Waals surface area contributed by atoms with Crippen LogP contribution < -0.4 is 9.64 Å². The molecule has 1 unspecified atom stereocenters. The van der Waals surface area contributed by atoms with Crippen molar-refractivity contribution < 1.29 is 9.13 Å². The number of pyridine rings is 2. The monoisotopic (exact) mass is 459 g/mol. The van der Waals surface area contributed by atoms with Gasteiger partial charge in [-0.15, -0.1) is 0 Å². The van der Waals surface area contributed by atoms with Crippen molar-refractivity contribution in [3.05, 3.63) is 69.8 Å². The van der Waals surface area contributed by atoms with Crippen molar-refractivity contribution in [2.24, 2.45) is 0 Å². The minimum Gasteiger partial charge on any atom is -0.484 e. The molecule has 0 radical (unpaired) electrons. The number of rotatable bonds is 5. The molecule has 4 nitrogen and oxygen atoms in total. The molecule has 1 saturated heterocycles. The Kier molecular flexibility index (Phi) is 6.63. The maximum absolute atomic E-state index is 13.9. The quantitative estimate of drug-likeness (QED) is 0.383. The van der Waals surface area contributed by atoms with Crippen molar-refractivity contribution >= 4 is 29.0 Å². The Labute approximate surface area is 192 Å². The number of hydrogen-bond donors (Lipinski definition) is 0. The van der Waals surface area contributed by atoms with Gasteiger partial charge in [-0.1, -0.05) is 23.2 Å². The summed E-state index contributed by atoms with van der Waals surface area (Å²) in [7, 11) is 0. The number of hydrogen-bond acceptors (Lipinski definition) is 4. The Hall–Kier alpha value is -2.37. The topological polar surface area (TPSA) is 38.2 Å². The number of halogens is 3. The van der Waals surface area contributed by atoms with E-state index in [-0.39, 0.29) is 5.02 Å². The van der Waals surface area contributed by atoms with Gasteiger partial charge in [-0.2, -0.15) is 0 Å². The number of ether oxygens (including phenoxy) is 1. The zero-order chi connectivity index (χ0) is 22.0. The molecular formula is C24H24Cl2FN3O. The van der Waals surface area contributed by atoms with Crippen molar-refractivity contribution in [2.75, 3.05) is 18.0 Å². The van der Waals surface area contributed by atoms with E-state index in [1.165, 1.54) is 31.4 Å². The summed E-state index contributed by atoms with van der Waals surface area (Å²) < 4.78 is 20.0. The highest BCUT2D eigenvalue weighted by Crippen LogP contribution is 2.36. The summed E-state index contributed by atoms with van der Waals surface area (Å²) in [6, 6.07) is 8.74. The van der Waals surface area contributed by atoms with Crippen LogP contribution in [0.4, 0.5) is 10.2 Å². The van der Waals surface area contributed by atoms with Crippen LogP contribution in [0.25, 0.3) is 11.1 Å². The number of piperidine rings is 1. The van der Waals surface area contributed by atoms with Crippen molar-refractivity contribution in [2.45, 2.75) is 39.2 Å². The lowest BCUT2D eigenvalue weighted by atomic mass is 10.1. The van der Waals surface area contributed by atoms with E-state index in [4.69, 9.17) is 27.9 Å². The Morgan fingerprint density at radius 3 is 2.45 bits per heavy atom. The summed E-state index contributed by atoms with van der Waals surface area (Å²) in [6.45, 7) is 5.75. The molecule has 0 aliphatic carbocycles. The maximum Gasteiger partial charge on any atom is 0.142 e. The first-order chi connectivity index (χ1) is 14.9. The van der Waals surface area contributed by atoms with Crippen LogP contribution in [0.2, 0.25) is 10.0 Å². The molecule has 1 aromatic carbocycles. The van der Waals surface area contributed by atoms with Crippen molar-refractivity contribution in [1.82, 2.24) is 9.97 Å². The minimum atomic E-state index is -0.550.